The maximum Gasteiger partial charge on any atom is 0.265 e. The Morgan fingerprint density at radius 3 is 2.72 bits per heavy atom. The predicted octanol–water partition coefficient (Wildman–Crippen LogP) is 4.83. The summed E-state index contributed by atoms with van der Waals surface area (Å²) in [7, 11) is 0. The van der Waals surface area contributed by atoms with Crippen molar-refractivity contribution >= 4 is 58.3 Å². The molecule has 43 heavy (non-hydrogen) atoms. The summed E-state index contributed by atoms with van der Waals surface area (Å²) in [5.41, 5.74) is 2.15. The van der Waals surface area contributed by atoms with E-state index in [4.69, 9.17) is 11.6 Å². The Balaban J connectivity index is 1.04. The van der Waals surface area contributed by atoms with Crippen molar-refractivity contribution in [1.82, 2.24) is 34.4 Å². The molecule has 2 saturated heterocycles. The summed E-state index contributed by atoms with van der Waals surface area (Å²) in [5.74, 6) is -2.56. The largest absolute Gasteiger partial charge is 0.336 e. The Morgan fingerprint density at radius 1 is 1.16 bits per heavy atom. The monoisotopic (exact) mass is 629 g/mol. The molecule has 3 aromatic heterocycles. The first-order valence-corrected chi connectivity index (χ1v) is 15.1. The molecule has 3 N–H and O–H groups in total. The third-order valence-corrected chi connectivity index (χ3v) is 8.59. The number of carbonyl (C=O) groups excluding carboxylic acids is 2. The quantitative estimate of drug-likeness (QED) is 0.253. The van der Waals surface area contributed by atoms with E-state index in [2.05, 4.69) is 30.8 Å². The highest BCUT2D eigenvalue weighted by Crippen LogP contribution is 2.31. The molecule has 1 unspecified atom stereocenters. The Kier molecular flexibility index (Phi) is 8.25. The van der Waals surface area contributed by atoms with Crippen molar-refractivity contribution in [3.05, 3.63) is 53.3 Å². The number of likely N-dealkylation sites (tertiary alicyclic amines) is 2. The third kappa shape index (κ3) is 6.92. The number of fused-ring (bicyclic) bond motifs is 1. The molecule has 1 aromatic carbocycles. The smallest absolute Gasteiger partial charge is 0.265 e. The fraction of sp³-hybridized carbons (Fsp3) is 0.393. The van der Waals surface area contributed by atoms with E-state index in [0.29, 0.717) is 65.9 Å². The van der Waals surface area contributed by atoms with Gasteiger partial charge in [0.1, 0.15) is 10.8 Å². The van der Waals surface area contributed by atoms with Crippen molar-refractivity contribution in [3.63, 3.8) is 0 Å². The summed E-state index contributed by atoms with van der Waals surface area (Å²) in [4.78, 5) is 38.8. The highest BCUT2D eigenvalue weighted by molar-refractivity contribution is 7.99. The highest BCUT2D eigenvalue weighted by atomic mass is 35.5. The molecule has 11 nitrogen and oxygen atoms in total. The van der Waals surface area contributed by atoms with E-state index in [-0.39, 0.29) is 30.7 Å². The molecule has 0 saturated carbocycles. The molecule has 0 aliphatic carbocycles. The van der Waals surface area contributed by atoms with E-state index in [1.807, 2.05) is 30.0 Å². The normalized spacial score (nSPS) is 18.7. The average Bonchev–Trinajstić information content (AvgIpc) is 3.69. The van der Waals surface area contributed by atoms with Crippen LogP contribution in [0.4, 0.5) is 26.2 Å². The number of halogens is 3. The minimum absolute atomic E-state index is 0.121. The number of rotatable bonds is 8. The molecule has 5 heterocycles. The number of nitrogens with zero attached hydrogens (tertiary/aromatic N) is 6. The van der Waals surface area contributed by atoms with Crippen LogP contribution in [-0.2, 0) is 9.59 Å². The number of nitrogens with one attached hydrogen (secondary N) is 3. The molecular weight excluding hydrogens is 600 g/mol. The SMILES string of the molecule is Cc1cc(Nc2nc(Sc3ccc(NC(=O)CN4CCC(C(=O)N5CCCC(F)(F)C5)C4)cc3)nc3ccc(Cl)n23)n[nH]1. The van der Waals surface area contributed by atoms with Crippen molar-refractivity contribution in [2.45, 2.75) is 42.2 Å². The molecule has 0 bridgehead atoms. The first-order valence-electron chi connectivity index (χ1n) is 13.9. The van der Waals surface area contributed by atoms with Crippen molar-refractivity contribution in [2.75, 3.05) is 43.4 Å². The summed E-state index contributed by atoms with van der Waals surface area (Å²) < 4.78 is 29.2. The third-order valence-electron chi connectivity index (χ3n) is 7.42. The number of benzene rings is 1. The van der Waals surface area contributed by atoms with Gasteiger partial charge in [-0.15, -0.1) is 0 Å². The number of hydrogen-bond donors (Lipinski definition) is 3. The van der Waals surface area contributed by atoms with E-state index in [1.54, 1.807) is 28.7 Å². The van der Waals surface area contributed by atoms with E-state index in [9.17, 15) is 18.4 Å². The van der Waals surface area contributed by atoms with Gasteiger partial charge < -0.3 is 15.5 Å². The number of aryl methyl sites for hydroxylation is 1. The summed E-state index contributed by atoms with van der Waals surface area (Å²) in [5, 5.41) is 14.1. The maximum absolute atomic E-state index is 13.8. The predicted molar refractivity (Wildman–Crippen MR) is 159 cm³/mol. The molecule has 0 spiro atoms. The number of alkyl halides is 2. The zero-order chi connectivity index (χ0) is 30.1. The van der Waals surface area contributed by atoms with Crippen LogP contribution in [0.15, 0.2) is 52.5 Å². The summed E-state index contributed by atoms with van der Waals surface area (Å²) in [6, 6.07) is 12.7. The van der Waals surface area contributed by atoms with Crippen LogP contribution in [0.3, 0.4) is 0 Å². The highest BCUT2D eigenvalue weighted by Gasteiger charge is 2.40. The lowest BCUT2D eigenvalue weighted by molar-refractivity contribution is -0.145. The number of aromatic nitrogens is 5. The van der Waals surface area contributed by atoms with Gasteiger partial charge in [-0.1, -0.05) is 11.6 Å². The Morgan fingerprint density at radius 2 is 1.98 bits per heavy atom. The number of carbonyl (C=O) groups is 2. The van der Waals surface area contributed by atoms with Gasteiger partial charge in [0.05, 0.1) is 19.0 Å². The van der Waals surface area contributed by atoms with Crippen LogP contribution in [0.1, 0.15) is 25.0 Å². The Labute approximate surface area is 255 Å². The molecular formula is C28H30ClF2N9O2S. The summed E-state index contributed by atoms with van der Waals surface area (Å²) >= 11 is 7.72. The number of amides is 2. The summed E-state index contributed by atoms with van der Waals surface area (Å²) in [6.07, 6.45) is 0.690. The fourth-order valence-electron chi connectivity index (χ4n) is 5.39. The standard InChI is InChI=1S/C28H30ClF2N9O2S/c1-17-13-22(37-36-17)33-26-35-27(34-23-8-7-21(29)40(23)26)43-20-5-3-19(4-6-20)32-24(41)15-38-12-9-18(14-38)25(42)39-11-2-10-28(30,31)16-39/h3-8,13,18H,2,9-12,14-16H2,1H3,(H,32,41)(H2,33,34,35,36,37). The van der Waals surface area contributed by atoms with Gasteiger partial charge in [-0.2, -0.15) is 10.1 Å². The van der Waals surface area contributed by atoms with E-state index < -0.39 is 12.5 Å². The van der Waals surface area contributed by atoms with Crippen molar-refractivity contribution in [1.29, 1.82) is 0 Å². The first-order chi connectivity index (χ1) is 20.6. The molecule has 2 aliphatic heterocycles. The maximum atomic E-state index is 13.8. The van der Waals surface area contributed by atoms with Crippen LogP contribution < -0.4 is 10.6 Å². The van der Waals surface area contributed by atoms with Gasteiger partial charge in [-0.25, -0.2) is 13.8 Å². The molecule has 15 heteroatoms. The van der Waals surface area contributed by atoms with Crippen molar-refractivity contribution in [3.8, 4) is 0 Å². The second-order valence-electron chi connectivity index (χ2n) is 10.9. The minimum Gasteiger partial charge on any atom is -0.336 e. The number of hydrogen-bond acceptors (Lipinski definition) is 8. The van der Waals surface area contributed by atoms with Gasteiger partial charge >= 0.3 is 0 Å². The number of anilines is 3. The second-order valence-corrected chi connectivity index (χ2v) is 12.3. The number of piperidine rings is 1. The molecule has 0 radical (unpaired) electrons. The van der Waals surface area contributed by atoms with Crippen LogP contribution in [0, 0.1) is 12.8 Å². The zero-order valence-electron chi connectivity index (χ0n) is 23.3. The summed E-state index contributed by atoms with van der Waals surface area (Å²) in [6.45, 7) is 2.83. The lowest BCUT2D eigenvalue weighted by Crippen LogP contribution is -2.48. The van der Waals surface area contributed by atoms with Crippen molar-refractivity contribution in [2.24, 2.45) is 5.92 Å². The molecule has 1 atom stereocenters. The van der Waals surface area contributed by atoms with Crippen LogP contribution in [0.5, 0.6) is 0 Å². The van der Waals surface area contributed by atoms with Crippen LogP contribution in [0.2, 0.25) is 5.15 Å². The molecule has 2 amide bonds. The van der Waals surface area contributed by atoms with Crippen LogP contribution in [-0.4, -0.2) is 84.8 Å². The molecule has 226 valence electrons. The second kappa shape index (κ2) is 12.1. The van der Waals surface area contributed by atoms with E-state index in [0.717, 1.165) is 10.6 Å². The average molecular weight is 630 g/mol. The van der Waals surface area contributed by atoms with Gasteiger partial charge in [0.15, 0.2) is 11.0 Å². The van der Waals surface area contributed by atoms with Crippen LogP contribution >= 0.6 is 23.4 Å². The van der Waals surface area contributed by atoms with Crippen LogP contribution in [0.25, 0.3) is 5.65 Å². The van der Waals surface area contributed by atoms with Gasteiger partial charge in [0.25, 0.3) is 5.92 Å². The Bertz CT molecular complexity index is 1640. The van der Waals surface area contributed by atoms with E-state index in [1.165, 1.54) is 16.7 Å². The molecule has 4 aromatic rings. The van der Waals surface area contributed by atoms with Gasteiger partial charge in [-0.3, -0.25) is 24.0 Å². The van der Waals surface area contributed by atoms with Crippen molar-refractivity contribution < 1.29 is 18.4 Å². The lowest BCUT2D eigenvalue weighted by atomic mass is 10.0. The van der Waals surface area contributed by atoms with Gasteiger partial charge in [0.2, 0.25) is 17.8 Å². The minimum atomic E-state index is -2.82. The fourth-order valence-corrected chi connectivity index (χ4v) is 6.38. The lowest BCUT2D eigenvalue weighted by Gasteiger charge is -2.34. The molecule has 2 aliphatic rings. The van der Waals surface area contributed by atoms with Gasteiger partial charge in [0, 0.05) is 41.9 Å². The first kappa shape index (κ1) is 29.3. The Hall–Kier alpha value is -3.75. The molecule has 2 fully saturated rings. The topological polar surface area (TPSA) is 124 Å². The van der Waals surface area contributed by atoms with E-state index >= 15 is 0 Å². The van der Waals surface area contributed by atoms with Gasteiger partial charge in [-0.05, 0) is 74.5 Å². The number of aromatic amines is 1. The number of H-pyrrole nitrogens is 1. The molecule has 6 rings (SSSR count). The zero-order valence-corrected chi connectivity index (χ0v) is 24.9.